The number of imidazole rings is 1. The maximum atomic E-state index is 13.4. The van der Waals surface area contributed by atoms with E-state index in [0.717, 1.165) is 55.7 Å². The van der Waals surface area contributed by atoms with E-state index in [1.165, 1.54) is 6.07 Å². The third-order valence-electron chi connectivity index (χ3n) is 5.96. The van der Waals surface area contributed by atoms with Crippen molar-refractivity contribution in [3.05, 3.63) is 53.3 Å². The number of hydrogen-bond acceptors (Lipinski definition) is 3. The van der Waals surface area contributed by atoms with E-state index in [2.05, 4.69) is 4.57 Å². The average molecular weight is 467 g/mol. The normalized spacial score (nSPS) is 15.6. The molecule has 9 heteroatoms. The Morgan fingerprint density at radius 1 is 1.00 bits per heavy atom. The van der Waals surface area contributed by atoms with Gasteiger partial charge in [0.15, 0.2) is 29.1 Å². The summed E-state index contributed by atoms with van der Waals surface area (Å²) in [5.74, 6) is 1.83. The van der Waals surface area contributed by atoms with Crippen molar-refractivity contribution < 1.29 is 44.4 Å². The topological polar surface area (TPSA) is 44.3 Å². The van der Waals surface area contributed by atoms with E-state index >= 15 is 0 Å². The number of carbonyl (C=O) groups is 1. The van der Waals surface area contributed by atoms with Gasteiger partial charge in [-0.25, -0.2) is 9.13 Å². The number of nitrogens with zero attached hydrogens (tertiary/aromatic N) is 2. The first-order chi connectivity index (χ1) is 14.9. The molecule has 0 bridgehead atoms. The van der Waals surface area contributed by atoms with Crippen LogP contribution >= 0.6 is 0 Å². The van der Waals surface area contributed by atoms with Gasteiger partial charge in [0.25, 0.3) is 5.82 Å². The van der Waals surface area contributed by atoms with E-state index < -0.39 is 11.7 Å². The molecule has 1 aromatic heterocycles. The molecule has 0 atom stereocenters. The van der Waals surface area contributed by atoms with Crippen LogP contribution in [0.2, 0.25) is 0 Å². The summed E-state index contributed by atoms with van der Waals surface area (Å²) in [5.41, 5.74) is 0.921. The Morgan fingerprint density at radius 3 is 2.56 bits per heavy atom. The first-order valence-corrected chi connectivity index (χ1v) is 10.5. The zero-order valence-electron chi connectivity index (χ0n) is 17.3. The standard InChI is InChI=1S/C23H22F3N2O3.ClH/c24-23(25,26)16-6-7-17-18(13-16)28(22-4-2-1-3-9-27(17)22)14-19(29)15-5-8-20-21(12-15)31-11-10-30-20;/h5-8,12-13H,1-4,9-11,14H2;1H/q+1;/p-1. The summed E-state index contributed by atoms with van der Waals surface area (Å²) in [6.07, 6.45) is -0.746. The van der Waals surface area contributed by atoms with Crippen LogP contribution in [0.15, 0.2) is 36.4 Å². The minimum Gasteiger partial charge on any atom is -1.00 e. The van der Waals surface area contributed by atoms with E-state index in [9.17, 15) is 18.0 Å². The number of alkyl halides is 3. The maximum Gasteiger partial charge on any atom is 0.416 e. The number of halogens is 4. The number of ether oxygens (including phenoxy) is 2. The number of aromatic nitrogens is 2. The third-order valence-corrected chi connectivity index (χ3v) is 5.96. The highest BCUT2D eigenvalue weighted by atomic mass is 35.5. The fourth-order valence-electron chi connectivity index (χ4n) is 4.45. The maximum absolute atomic E-state index is 13.4. The lowest BCUT2D eigenvalue weighted by molar-refractivity contribution is -0.678. The highest BCUT2D eigenvalue weighted by Gasteiger charge is 2.34. The Morgan fingerprint density at radius 2 is 1.78 bits per heavy atom. The van der Waals surface area contributed by atoms with Gasteiger partial charge < -0.3 is 21.9 Å². The largest absolute Gasteiger partial charge is 1.00 e. The summed E-state index contributed by atoms with van der Waals surface area (Å²) in [4.78, 5) is 13.1. The predicted octanol–water partition coefficient (Wildman–Crippen LogP) is 1.33. The summed E-state index contributed by atoms with van der Waals surface area (Å²) in [7, 11) is 0. The predicted molar refractivity (Wildman–Crippen MR) is 106 cm³/mol. The summed E-state index contributed by atoms with van der Waals surface area (Å²) in [6.45, 7) is 1.58. The number of carbonyl (C=O) groups excluding carboxylic acids is 1. The molecule has 0 saturated heterocycles. The monoisotopic (exact) mass is 466 g/mol. The number of hydrogen-bond donors (Lipinski definition) is 0. The van der Waals surface area contributed by atoms with Crippen molar-refractivity contribution in [2.75, 3.05) is 13.2 Å². The van der Waals surface area contributed by atoms with Gasteiger partial charge in [0.2, 0.25) is 5.78 Å². The van der Waals surface area contributed by atoms with Crippen molar-refractivity contribution in [3.8, 4) is 11.5 Å². The number of benzene rings is 2. The molecule has 0 amide bonds. The molecule has 0 fully saturated rings. The molecular weight excluding hydrogens is 445 g/mol. The molecule has 2 aliphatic rings. The van der Waals surface area contributed by atoms with Gasteiger partial charge in [-0.1, -0.05) is 0 Å². The second kappa shape index (κ2) is 8.65. The number of ketones is 1. The minimum absolute atomic E-state index is 0. The molecule has 0 spiro atoms. The Bertz CT molecular complexity index is 1170. The van der Waals surface area contributed by atoms with Crippen molar-refractivity contribution in [2.24, 2.45) is 0 Å². The van der Waals surface area contributed by atoms with Crippen LogP contribution in [0, 0.1) is 0 Å². The molecule has 0 unspecified atom stereocenters. The Hall–Kier alpha value is -2.74. The van der Waals surface area contributed by atoms with Crippen molar-refractivity contribution in [1.82, 2.24) is 4.57 Å². The van der Waals surface area contributed by atoms with E-state index in [1.807, 2.05) is 0 Å². The van der Waals surface area contributed by atoms with Crippen molar-refractivity contribution in [2.45, 2.75) is 44.9 Å². The van der Waals surface area contributed by atoms with Crippen LogP contribution in [-0.4, -0.2) is 23.6 Å². The molecule has 5 rings (SSSR count). The van der Waals surface area contributed by atoms with E-state index in [-0.39, 0.29) is 24.7 Å². The number of Topliss-reactive ketones (excluding diaryl/α,β-unsaturated/α-hetero) is 1. The van der Waals surface area contributed by atoms with Crippen LogP contribution in [0.5, 0.6) is 11.5 Å². The zero-order valence-corrected chi connectivity index (χ0v) is 18.0. The van der Waals surface area contributed by atoms with E-state index in [0.29, 0.717) is 35.8 Å². The van der Waals surface area contributed by atoms with Gasteiger partial charge in [0.1, 0.15) is 13.2 Å². The highest BCUT2D eigenvalue weighted by Crippen LogP contribution is 2.33. The van der Waals surface area contributed by atoms with E-state index in [1.54, 1.807) is 22.8 Å². The highest BCUT2D eigenvalue weighted by molar-refractivity contribution is 5.97. The third kappa shape index (κ3) is 4.03. The summed E-state index contributed by atoms with van der Waals surface area (Å²) in [5, 5.41) is 0. The second-order valence-corrected chi connectivity index (χ2v) is 7.95. The fourth-order valence-corrected chi connectivity index (χ4v) is 4.45. The van der Waals surface area contributed by atoms with Gasteiger partial charge in [-0.05, 0) is 49.6 Å². The van der Waals surface area contributed by atoms with Crippen molar-refractivity contribution in [1.29, 1.82) is 0 Å². The van der Waals surface area contributed by atoms with Crippen LogP contribution < -0.4 is 26.4 Å². The molecule has 0 radical (unpaired) electrons. The lowest BCUT2D eigenvalue weighted by Gasteiger charge is -2.18. The Labute approximate surface area is 189 Å². The number of fused-ring (bicyclic) bond motifs is 4. The molecule has 170 valence electrons. The first-order valence-electron chi connectivity index (χ1n) is 10.5. The van der Waals surface area contributed by atoms with Crippen LogP contribution in [-0.2, 0) is 25.7 Å². The molecule has 0 aliphatic carbocycles. The molecule has 5 nitrogen and oxygen atoms in total. The fraction of sp³-hybridized carbons (Fsp3) is 0.391. The second-order valence-electron chi connectivity index (χ2n) is 7.95. The number of aryl methyl sites for hydroxylation is 1. The minimum atomic E-state index is -4.44. The van der Waals surface area contributed by atoms with Crippen LogP contribution in [0.4, 0.5) is 13.2 Å². The lowest BCUT2D eigenvalue weighted by atomic mass is 10.1. The van der Waals surface area contributed by atoms with Crippen molar-refractivity contribution >= 4 is 16.8 Å². The van der Waals surface area contributed by atoms with Crippen molar-refractivity contribution in [3.63, 3.8) is 0 Å². The zero-order chi connectivity index (χ0) is 21.6. The molecule has 32 heavy (non-hydrogen) atoms. The van der Waals surface area contributed by atoms with E-state index in [4.69, 9.17) is 9.47 Å². The molecule has 2 aromatic carbocycles. The quantitative estimate of drug-likeness (QED) is 0.432. The van der Waals surface area contributed by atoms with Gasteiger partial charge >= 0.3 is 6.18 Å². The molecule has 3 heterocycles. The Balaban J connectivity index is 0.00000245. The van der Waals surface area contributed by atoms with Gasteiger partial charge in [-0.15, -0.1) is 0 Å². The number of rotatable bonds is 3. The molecule has 2 aliphatic heterocycles. The summed E-state index contributed by atoms with van der Waals surface area (Å²) >= 11 is 0. The Kier molecular flexibility index (Phi) is 6.07. The van der Waals surface area contributed by atoms with Gasteiger partial charge in [0, 0.05) is 18.1 Å². The van der Waals surface area contributed by atoms with Gasteiger partial charge in [0.05, 0.1) is 12.1 Å². The SMILES string of the molecule is O=C(Cn1c2[n+](c3ccc(C(F)(F)F)cc31)CCCCC2)c1ccc2c(c1)OCCO2.[Cl-]. The molecule has 0 N–H and O–H groups in total. The van der Waals surface area contributed by atoms with Crippen LogP contribution in [0.25, 0.3) is 11.0 Å². The smallest absolute Gasteiger partial charge is 0.416 e. The molecule has 0 saturated carbocycles. The lowest BCUT2D eigenvalue weighted by Crippen LogP contribution is -3.00. The van der Waals surface area contributed by atoms with Crippen LogP contribution in [0.1, 0.15) is 41.0 Å². The summed E-state index contributed by atoms with van der Waals surface area (Å²) < 4.78 is 55.0. The average Bonchev–Trinajstić information content (AvgIpc) is 2.90. The summed E-state index contributed by atoms with van der Waals surface area (Å²) in [6, 6.07) is 8.83. The molecule has 3 aromatic rings. The van der Waals surface area contributed by atoms with Gasteiger partial charge in [-0.2, -0.15) is 13.2 Å². The van der Waals surface area contributed by atoms with Gasteiger partial charge in [-0.3, -0.25) is 4.79 Å². The van der Waals surface area contributed by atoms with Crippen LogP contribution in [0.3, 0.4) is 0 Å². The molecular formula is C23H22ClF3N2O3. The first kappa shape index (κ1) is 22.5.